The van der Waals surface area contributed by atoms with E-state index >= 15 is 0 Å². The zero-order chi connectivity index (χ0) is 20.1. The molecule has 0 bridgehead atoms. The zero-order valence-corrected chi connectivity index (χ0v) is 16.4. The number of carbonyl (C=O) groups excluding carboxylic acids is 1. The molecule has 2 aromatic rings. The van der Waals surface area contributed by atoms with Gasteiger partial charge in [0.2, 0.25) is 5.91 Å². The smallest absolute Gasteiger partial charge is 0.273 e. The van der Waals surface area contributed by atoms with Crippen LogP contribution in [0.3, 0.4) is 0 Å². The van der Waals surface area contributed by atoms with E-state index in [1.54, 1.807) is 18.2 Å². The van der Waals surface area contributed by atoms with Crippen LogP contribution in [0.25, 0.3) is 0 Å². The second kappa shape index (κ2) is 8.87. The number of nitrogens with zero attached hydrogens (tertiary/aromatic N) is 2. The minimum absolute atomic E-state index is 0.00869. The van der Waals surface area contributed by atoms with Crippen LogP contribution in [0.4, 0.5) is 11.4 Å². The Balaban J connectivity index is 1.60. The standard InChI is InChI=1S/C22H27N3O3/c1-16-6-5-13-24(15-16)20-11-9-18(10-12-20)17(2)23-22(26)14-19-7-3-4-8-21(19)25(27)28/h3-4,7-12,16-17H,5-6,13-15H2,1-2H3,(H,23,26)/t16-,17+/m0/s1. The molecule has 0 radical (unpaired) electrons. The molecule has 0 spiro atoms. The van der Waals surface area contributed by atoms with E-state index in [2.05, 4.69) is 29.3 Å². The van der Waals surface area contributed by atoms with Crippen LogP contribution >= 0.6 is 0 Å². The molecule has 2 atom stereocenters. The molecule has 1 saturated heterocycles. The Morgan fingerprint density at radius 2 is 1.96 bits per heavy atom. The zero-order valence-electron chi connectivity index (χ0n) is 16.4. The van der Waals surface area contributed by atoms with Crippen molar-refractivity contribution in [3.63, 3.8) is 0 Å². The number of hydrogen-bond acceptors (Lipinski definition) is 4. The van der Waals surface area contributed by atoms with E-state index < -0.39 is 4.92 Å². The van der Waals surface area contributed by atoms with Gasteiger partial charge in [-0.1, -0.05) is 37.3 Å². The maximum atomic E-state index is 12.4. The van der Waals surface area contributed by atoms with Crippen molar-refractivity contribution < 1.29 is 9.72 Å². The lowest BCUT2D eigenvalue weighted by Crippen LogP contribution is -2.34. The van der Waals surface area contributed by atoms with Crippen LogP contribution in [0.5, 0.6) is 0 Å². The molecule has 1 amide bonds. The number of carbonyl (C=O) groups is 1. The van der Waals surface area contributed by atoms with Gasteiger partial charge in [0.25, 0.3) is 5.69 Å². The molecule has 1 aliphatic rings. The maximum Gasteiger partial charge on any atom is 0.273 e. The van der Waals surface area contributed by atoms with Crippen LogP contribution < -0.4 is 10.2 Å². The first kappa shape index (κ1) is 19.9. The third-order valence-corrected chi connectivity index (χ3v) is 5.33. The summed E-state index contributed by atoms with van der Waals surface area (Å²) in [5.41, 5.74) is 2.63. The molecule has 1 heterocycles. The highest BCUT2D eigenvalue weighted by Crippen LogP contribution is 2.25. The number of nitrogens with one attached hydrogen (secondary N) is 1. The summed E-state index contributed by atoms with van der Waals surface area (Å²) in [6.07, 6.45) is 2.50. The molecular formula is C22H27N3O3. The van der Waals surface area contributed by atoms with Crippen molar-refractivity contribution in [1.29, 1.82) is 0 Å². The Hall–Kier alpha value is -2.89. The van der Waals surface area contributed by atoms with Crippen molar-refractivity contribution in [3.05, 3.63) is 69.8 Å². The van der Waals surface area contributed by atoms with Crippen LogP contribution in [0.15, 0.2) is 48.5 Å². The van der Waals surface area contributed by atoms with Gasteiger partial charge >= 0.3 is 0 Å². The minimum atomic E-state index is -0.452. The average Bonchev–Trinajstić information content (AvgIpc) is 2.68. The summed E-state index contributed by atoms with van der Waals surface area (Å²) < 4.78 is 0. The third kappa shape index (κ3) is 4.88. The van der Waals surface area contributed by atoms with Gasteiger partial charge in [-0.25, -0.2) is 0 Å². The molecule has 1 N–H and O–H groups in total. The Morgan fingerprint density at radius 1 is 1.25 bits per heavy atom. The van der Waals surface area contributed by atoms with E-state index in [4.69, 9.17) is 0 Å². The SMILES string of the molecule is C[C@H]1CCCN(c2ccc([C@@H](C)NC(=O)Cc3ccccc3[N+](=O)[O-])cc2)C1. The number of anilines is 1. The molecule has 28 heavy (non-hydrogen) atoms. The molecule has 0 saturated carbocycles. The molecule has 148 valence electrons. The minimum Gasteiger partial charge on any atom is -0.371 e. The summed E-state index contributed by atoms with van der Waals surface area (Å²) in [5.74, 6) is 0.490. The fourth-order valence-electron chi connectivity index (χ4n) is 3.78. The first-order valence-corrected chi connectivity index (χ1v) is 9.80. The number of rotatable bonds is 6. The summed E-state index contributed by atoms with van der Waals surface area (Å²) in [6.45, 7) is 6.39. The van der Waals surface area contributed by atoms with E-state index in [9.17, 15) is 14.9 Å². The van der Waals surface area contributed by atoms with Crippen LogP contribution in [-0.2, 0) is 11.2 Å². The quantitative estimate of drug-likeness (QED) is 0.599. The number of piperidine rings is 1. The van der Waals surface area contributed by atoms with Crippen LogP contribution in [0.2, 0.25) is 0 Å². The van der Waals surface area contributed by atoms with Gasteiger partial charge in [0.15, 0.2) is 0 Å². The lowest BCUT2D eigenvalue weighted by Gasteiger charge is -2.33. The van der Waals surface area contributed by atoms with Crippen molar-refractivity contribution in [2.24, 2.45) is 5.92 Å². The Morgan fingerprint density at radius 3 is 2.64 bits per heavy atom. The molecule has 6 heteroatoms. The molecular weight excluding hydrogens is 354 g/mol. The van der Waals surface area contributed by atoms with Gasteiger partial charge in [0.1, 0.15) is 0 Å². The van der Waals surface area contributed by atoms with Gasteiger partial charge in [-0.3, -0.25) is 14.9 Å². The van der Waals surface area contributed by atoms with Gasteiger partial charge in [0, 0.05) is 30.4 Å². The number of para-hydroxylation sites is 1. The number of amides is 1. The summed E-state index contributed by atoms with van der Waals surface area (Å²) in [6, 6.07) is 14.5. The highest BCUT2D eigenvalue weighted by atomic mass is 16.6. The summed E-state index contributed by atoms with van der Waals surface area (Å²) in [7, 11) is 0. The third-order valence-electron chi connectivity index (χ3n) is 5.33. The lowest BCUT2D eigenvalue weighted by molar-refractivity contribution is -0.385. The monoisotopic (exact) mass is 381 g/mol. The normalized spacial score (nSPS) is 17.8. The van der Waals surface area contributed by atoms with Gasteiger partial charge in [0.05, 0.1) is 17.4 Å². The van der Waals surface area contributed by atoms with Crippen LogP contribution in [-0.4, -0.2) is 23.9 Å². The highest BCUT2D eigenvalue weighted by molar-refractivity contribution is 5.80. The lowest BCUT2D eigenvalue weighted by atomic mass is 9.99. The maximum absolute atomic E-state index is 12.4. The highest BCUT2D eigenvalue weighted by Gasteiger charge is 2.19. The molecule has 6 nitrogen and oxygen atoms in total. The Kier molecular flexibility index (Phi) is 6.29. The molecule has 0 aromatic heterocycles. The predicted molar refractivity (Wildman–Crippen MR) is 110 cm³/mol. The summed E-state index contributed by atoms with van der Waals surface area (Å²) in [4.78, 5) is 25.4. The van der Waals surface area contributed by atoms with E-state index in [1.807, 2.05) is 19.1 Å². The number of hydrogen-bond donors (Lipinski definition) is 1. The second-order valence-electron chi connectivity index (χ2n) is 7.64. The Bertz CT molecular complexity index is 835. The predicted octanol–water partition coefficient (Wildman–Crippen LogP) is 4.25. The van der Waals surface area contributed by atoms with E-state index in [1.165, 1.54) is 24.6 Å². The second-order valence-corrected chi connectivity index (χ2v) is 7.64. The van der Waals surface area contributed by atoms with Crippen LogP contribution in [0, 0.1) is 16.0 Å². The van der Waals surface area contributed by atoms with Gasteiger partial charge in [-0.2, -0.15) is 0 Å². The molecule has 0 unspecified atom stereocenters. The molecule has 2 aromatic carbocycles. The van der Waals surface area contributed by atoms with Crippen molar-refractivity contribution in [2.45, 2.75) is 39.2 Å². The van der Waals surface area contributed by atoms with E-state index in [0.29, 0.717) is 11.5 Å². The van der Waals surface area contributed by atoms with Crippen molar-refractivity contribution in [2.75, 3.05) is 18.0 Å². The number of nitro groups is 1. The van der Waals surface area contributed by atoms with Crippen LogP contribution in [0.1, 0.15) is 43.9 Å². The summed E-state index contributed by atoms with van der Waals surface area (Å²) >= 11 is 0. The number of nitro benzene ring substituents is 1. The first-order valence-electron chi connectivity index (χ1n) is 9.80. The Labute approximate surface area is 165 Å². The van der Waals surface area contributed by atoms with E-state index in [0.717, 1.165) is 18.7 Å². The fraction of sp³-hybridized carbons (Fsp3) is 0.409. The van der Waals surface area contributed by atoms with Gasteiger partial charge < -0.3 is 10.2 Å². The molecule has 0 aliphatic carbocycles. The van der Waals surface area contributed by atoms with Crippen molar-refractivity contribution in [1.82, 2.24) is 5.32 Å². The van der Waals surface area contributed by atoms with E-state index in [-0.39, 0.29) is 24.1 Å². The molecule has 1 fully saturated rings. The van der Waals surface area contributed by atoms with Gasteiger partial charge in [-0.15, -0.1) is 0 Å². The largest absolute Gasteiger partial charge is 0.371 e. The van der Waals surface area contributed by atoms with Crippen molar-refractivity contribution in [3.8, 4) is 0 Å². The number of benzene rings is 2. The molecule has 1 aliphatic heterocycles. The topological polar surface area (TPSA) is 75.5 Å². The molecule has 3 rings (SSSR count). The van der Waals surface area contributed by atoms with Crippen molar-refractivity contribution >= 4 is 17.3 Å². The van der Waals surface area contributed by atoms with Gasteiger partial charge in [-0.05, 0) is 43.4 Å². The summed E-state index contributed by atoms with van der Waals surface area (Å²) in [5, 5.41) is 14.0. The first-order chi connectivity index (χ1) is 13.4. The fourth-order valence-corrected chi connectivity index (χ4v) is 3.78. The average molecular weight is 381 g/mol.